The Kier molecular flexibility index (Phi) is 5.92. The lowest BCUT2D eigenvalue weighted by Gasteiger charge is -2.22. The van der Waals surface area contributed by atoms with Crippen LogP contribution in [0.1, 0.15) is 17.7 Å². The molecule has 1 fully saturated rings. The summed E-state index contributed by atoms with van der Waals surface area (Å²) in [6.45, 7) is 3.38. The second-order valence-electron chi connectivity index (χ2n) is 7.17. The highest BCUT2D eigenvalue weighted by atomic mass is 35.5. The predicted molar refractivity (Wildman–Crippen MR) is 110 cm³/mol. The Hall–Kier alpha value is -2.70. The van der Waals surface area contributed by atoms with Gasteiger partial charge in [0.15, 0.2) is 0 Å². The van der Waals surface area contributed by atoms with Crippen molar-refractivity contribution in [2.45, 2.75) is 19.5 Å². The number of amides is 1. The van der Waals surface area contributed by atoms with E-state index < -0.39 is 0 Å². The molecule has 3 heterocycles. The number of aromatic nitrogens is 2. The van der Waals surface area contributed by atoms with Gasteiger partial charge in [0.05, 0.1) is 5.02 Å². The smallest absolute Gasteiger partial charge is 0.224 e. The zero-order valence-corrected chi connectivity index (χ0v) is 16.7. The molecule has 0 N–H and O–H groups in total. The molecule has 0 radical (unpaired) electrons. The fourth-order valence-corrected chi connectivity index (χ4v) is 3.67. The fourth-order valence-electron chi connectivity index (χ4n) is 3.55. The first-order chi connectivity index (χ1) is 14.1. The number of pyridine rings is 1. The van der Waals surface area contributed by atoms with Gasteiger partial charge in [-0.3, -0.25) is 9.69 Å². The van der Waals surface area contributed by atoms with E-state index >= 15 is 0 Å². The lowest BCUT2D eigenvalue weighted by atomic mass is 10.2. The van der Waals surface area contributed by atoms with E-state index in [9.17, 15) is 9.18 Å². The number of nitrogens with zero attached hydrogens (tertiary/aromatic N) is 4. The summed E-state index contributed by atoms with van der Waals surface area (Å²) >= 11 is 5.94. The van der Waals surface area contributed by atoms with Crippen molar-refractivity contribution in [2.24, 2.45) is 0 Å². The lowest BCUT2D eigenvalue weighted by molar-refractivity contribution is -0.130. The molecular weight excluding hydrogens is 391 g/mol. The number of carbonyl (C=O) groups is 1. The molecule has 0 atom stereocenters. The molecule has 5 nitrogen and oxygen atoms in total. The van der Waals surface area contributed by atoms with Crippen LogP contribution in [-0.4, -0.2) is 44.9 Å². The van der Waals surface area contributed by atoms with Gasteiger partial charge in [0.25, 0.3) is 0 Å². The quantitative estimate of drug-likeness (QED) is 0.638. The number of benzene rings is 1. The van der Waals surface area contributed by atoms with Crippen LogP contribution in [0.4, 0.5) is 4.39 Å². The zero-order chi connectivity index (χ0) is 20.2. The van der Waals surface area contributed by atoms with Crippen molar-refractivity contribution in [3.05, 3.63) is 83.0 Å². The first-order valence-corrected chi connectivity index (χ1v) is 9.99. The van der Waals surface area contributed by atoms with E-state index in [0.717, 1.165) is 30.2 Å². The third kappa shape index (κ3) is 4.83. The highest BCUT2D eigenvalue weighted by Crippen LogP contribution is 2.17. The Labute approximate surface area is 174 Å². The molecule has 29 heavy (non-hydrogen) atoms. The van der Waals surface area contributed by atoms with Gasteiger partial charge in [0.2, 0.25) is 5.91 Å². The third-order valence-corrected chi connectivity index (χ3v) is 5.37. The van der Waals surface area contributed by atoms with Gasteiger partial charge in [-0.1, -0.05) is 23.7 Å². The molecule has 0 bridgehead atoms. The molecule has 0 saturated carbocycles. The summed E-state index contributed by atoms with van der Waals surface area (Å²) in [4.78, 5) is 21.1. The summed E-state index contributed by atoms with van der Waals surface area (Å²) in [7, 11) is 0. The number of hydrogen-bond acceptors (Lipinski definition) is 3. The molecule has 1 aromatic carbocycles. The summed E-state index contributed by atoms with van der Waals surface area (Å²) < 4.78 is 15.2. The number of hydrogen-bond donors (Lipinski definition) is 0. The van der Waals surface area contributed by atoms with Crippen LogP contribution in [0.5, 0.6) is 0 Å². The van der Waals surface area contributed by atoms with Crippen LogP contribution in [0.25, 0.3) is 5.82 Å². The number of rotatable bonds is 5. The topological polar surface area (TPSA) is 41.4 Å². The summed E-state index contributed by atoms with van der Waals surface area (Å²) in [6.07, 6.45) is 4.09. The van der Waals surface area contributed by atoms with Crippen LogP contribution in [0, 0.1) is 5.82 Å². The van der Waals surface area contributed by atoms with Gasteiger partial charge in [-0.05, 0) is 42.0 Å². The average molecular weight is 413 g/mol. The molecule has 3 aromatic rings. The van der Waals surface area contributed by atoms with Gasteiger partial charge in [-0.2, -0.15) is 0 Å². The average Bonchev–Trinajstić information content (AvgIpc) is 3.11. The third-order valence-electron chi connectivity index (χ3n) is 5.14. The van der Waals surface area contributed by atoms with E-state index in [4.69, 9.17) is 11.6 Å². The molecule has 7 heteroatoms. The maximum atomic E-state index is 13.1. The Morgan fingerprint density at radius 3 is 2.59 bits per heavy atom. The van der Waals surface area contributed by atoms with Crippen molar-refractivity contribution in [3.63, 3.8) is 0 Å². The van der Waals surface area contributed by atoms with Gasteiger partial charge in [-0.15, -0.1) is 0 Å². The number of halogens is 2. The SMILES string of the molecule is O=C1CCN(Cc2cccn2-c2ccc(Cl)cn2)CCN1Cc1ccc(F)cc1. The van der Waals surface area contributed by atoms with Crippen molar-refractivity contribution in [3.8, 4) is 5.82 Å². The molecule has 0 unspecified atom stereocenters. The first-order valence-electron chi connectivity index (χ1n) is 9.61. The Morgan fingerprint density at radius 2 is 1.83 bits per heavy atom. The van der Waals surface area contributed by atoms with Crippen molar-refractivity contribution < 1.29 is 9.18 Å². The molecule has 1 aliphatic heterocycles. The highest BCUT2D eigenvalue weighted by Gasteiger charge is 2.22. The van der Waals surface area contributed by atoms with E-state index in [1.807, 2.05) is 33.9 Å². The summed E-state index contributed by atoms with van der Waals surface area (Å²) in [6, 6.07) is 14.1. The van der Waals surface area contributed by atoms with Crippen LogP contribution in [0.15, 0.2) is 60.9 Å². The maximum absolute atomic E-state index is 13.1. The standard InChI is InChI=1S/C22H22ClFN4O/c23-18-5-8-21(25-14-18)28-10-1-2-20(28)16-26-11-9-22(29)27(13-12-26)15-17-3-6-19(24)7-4-17/h1-8,10,14H,9,11-13,15-16H2. The Morgan fingerprint density at radius 1 is 1.00 bits per heavy atom. The molecule has 2 aromatic heterocycles. The van der Waals surface area contributed by atoms with Gasteiger partial charge in [0.1, 0.15) is 11.6 Å². The second kappa shape index (κ2) is 8.76. The molecule has 4 rings (SSSR count). The Balaban J connectivity index is 1.41. The first kappa shape index (κ1) is 19.6. The van der Waals surface area contributed by atoms with Crippen LogP contribution in [0.2, 0.25) is 5.02 Å². The zero-order valence-electron chi connectivity index (χ0n) is 16.0. The van der Waals surface area contributed by atoms with Gasteiger partial charge in [0, 0.05) is 57.2 Å². The van der Waals surface area contributed by atoms with Gasteiger partial charge in [-0.25, -0.2) is 9.37 Å². The summed E-state index contributed by atoms with van der Waals surface area (Å²) in [5.74, 6) is 0.685. The van der Waals surface area contributed by atoms with E-state index in [0.29, 0.717) is 31.1 Å². The Bertz CT molecular complexity index is 971. The predicted octanol–water partition coefficient (Wildman–Crippen LogP) is 3.90. The van der Waals surface area contributed by atoms with Crippen LogP contribution < -0.4 is 0 Å². The van der Waals surface area contributed by atoms with Crippen LogP contribution in [0.3, 0.4) is 0 Å². The number of carbonyl (C=O) groups excluding carboxylic acids is 1. The minimum atomic E-state index is -0.264. The van der Waals surface area contributed by atoms with Crippen LogP contribution in [-0.2, 0) is 17.9 Å². The minimum absolute atomic E-state index is 0.131. The molecule has 150 valence electrons. The van der Waals surface area contributed by atoms with Crippen molar-refractivity contribution in [2.75, 3.05) is 19.6 Å². The van der Waals surface area contributed by atoms with Crippen LogP contribution >= 0.6 is 11.6 Å². The molecule has 1 amide bonds. The monoisotopic (exact) mass is 412 g/mol. The normalized spacial score (nSPS) is 15.5. The molecule has 0 spiro atoms. The summed E-state index contributed by atoms with van der Waals surface area (Å²) in [5.41, 5.74) is 2.05. The lowest BCUT2D eigenvalue weighted by Crippen LogP contribution is -2.32. The maximum Gasteiger partial charge on any atom is 0.224 e. The largest absolute Gasteiger partial charge is 0.337 e. The van der Waals surface area contributed by atoms with Gasteiger partial charge >= 0.3 is 0 Å². The minimum Gasteiger partial charge on any atom is -0.337 e. The van der Waals surface area contributed by atoms with E-state index in [2.05, 4.69) is 16.0 Å². The fraction of sp³-hybridized carbons (Fsp3) is 0.273. The molecular formula is C22H22ClFN4O. The van der Waals surface area contributed by atoms with Gasteiger partial charge < -0.3 is 9.47 Å². The van der Waals surface area contributed by atoms with E-state index in [1.54, 1.807) is 18.3 Å². The van der Waals surface area contributed by atoms with Crippen molar-refractivity contribution >= 4 is 17.5 Å². The van der Waals surface area contributed by atoms with E-state index in [-0.39, 0.29) is 11.7 Å². The highest BCUT2D eigenvalue weighted by molar-refractivity contribution is 6.30. The molecule has 0 aliphatic carbocycles. The van der Waals surface area contributed by atoms with Crippen molar-refractivity contribution in [1.29, 1.82) is 0 Å². The summed E-state index contributed by atoms with van der Waals surface area (Å²) in [5, 5.41) is 0.606. The van der Waals surface area contributed by atoms with Crippen molar-refractivity contribution in [1.82, 2.24) is 19.4 Å². The molecule has 1 aliphatic rings. The van der Waals surface area contributed by atoms with E-state index in [1.165, 1.54) is 12.1 Å². The molecule has 1 saturated heterocycles. The second-order valence-corrected chi connectivity index (χ2v) is 7.61.